The maximum absolute atomic E-state index is 12.5. The molecule has 0 aromatic rings. The molecule has 1 aliphatic heterocycles. The van der Waals surface area contributed by atoms with Crippen LogP contribution in [0.5, 0.6) is 0 Å². The third kappa shape index (κ3) is 3.87. The number of hydrogen-bond acceptors (Lipinski definition) is 5. The molecule has 8 heteroatoms. The van der Waals surface area contributed by atoms with E-state index in [1.54, 1.807) is 0 Å². The molecular formula is C16H29N3O5. The molecule has 1 saturated heterocycles. The molecule has 0 aliphatic carbocycles. The number of primary amides is 1. The van der Waals surface area contributed by atoms with Crippen LogP contribution >= 0.6 is 0 Å². The van der Waals surface area contributed by atoms with Crippen LogP contribution in [0.3, 0.4) is 0 Å². The molecule has 0 radical (unpaired) electrons. The van der Waals surface area contributed by atoms with Crippen LogP contribution in [0.15, 0.2) is 0 Å². The number of carboxylic acid groups (broad SMARTS) is 1. The molecule has 3 unspecified atom stereocenters. The number of amides is 2. The first-order chi connectivity index (χ1) is 11.1. The average Bonchev–Trinajstić information content (AvgIpc) is 2.69. The zero-order chi connectivity index (χ0) is 18.7. The predicted molar refractivity (Wildman–Crippen MR) is 87.8 cm³/mol. The van der Waals surface area contributed by atoms with Gasteiger partial charge in [-0.15, -0.1) is 0 Å². The molecule has 0 spiro atoms. The number of aliphatic hydroxyl groups excluding tert-OH is 1. The largest absolute Gasteiger partial charge is 0.481 e. The van der Waals surface area contributed by atoms with Gasteiger partial charge in [-0.2, -0.15) is 0 Å². The highest BCUT2D eigenvalue weighted by Gasteiger charge is 2.56. The molecule has 138 valence electrons. The Bertz CT molecular complexity index is 496. The normalized spacial score (nSPS) is 24.4. The lowest BCUT2D eigenvalue weighted by Crippen LogP contribution is -2.64. The summed E-state index contributed by atoms with van der Waals surface area (Å²) in [5.41, 5.74) is 4.55. The molecule has 1 rings (SSSR count). The van der Waals surface area contributed by atoms with Gasteiger partial charge in [0.15, 0.2) is 0 Å². The van der Waals surface area contributed by atoms with Gasteiger partial charge in [-0.1, -0.05) is 34.1 Å². The fraction of sp³-hybridized carbons (Fsp3) is 0.812. The molecule has 0 aromatic carbocycles. The van der Waals surface area contributed by atoms with Gasteiger partial charge >= 0.3 is 5.97 Å². The van der Waals surface area contributed by atoms with Crippen molar-refractivity contribution in [3.63, 3.8) is 0 Å². The van der Waals surface area contributed by atoms with Crippen molar-refractivity contribution in [2.75, 3.05) is 19.6 Å². The predicted octanol–water partition coefficient (Wildman–Crippen LogP) is -0.150. The second-order valence-electron chi connectivity index (χ2n) is 6.83. The number of carbonyl (C=O) groups is 3. The standard InChI is InChI=1S/C16H29N3O5/c1-5-11(4)16(10(2)3)18(7-12(20)6-15(23)24)9-14(22)19(16)8-13(17)21/h10-12,20H,5-9H2,1-4H3,(H2,17,21)(H,23,24). The van der Waals surface area contributed by atoms with Crippen molar-refractivity contribution in [2.45, 2.75) is 52.3 Å². The molecule has 4 N–H and O–H groups in total. The lowest BCUT2D eigenvalue weighted by atomic mass is 9.80. The van der Waals surface area contributed by atoms with E-state index in [9.17, 15) is 19.5 Å². The summed E-state index contributed by atoms with van der Waals surface area (Å²) >= 11 is 0. The minimum atomic E-state index is -1.10. The van der Waals surface area contributed by atoms with Gasteiger partial charge in [0.2, 0.25) is 11.8 Å². The average molecular weight is 343 g/mol. The van der Waals surface area contributed by atoms with Crippen molar-refractivity contribution in [2.24, 2.45) is 17.6 Å². The fourth-order valence-corrected chi connectivity index (χ4v) is 3.97. The Morgan fingerprint density at radius 1 is 1.33 bits per heavy atom. The quantitative estimate of drug-likeness (QED) is 0.535. The number of carboxylic acids is 1. The Kier molecular flexibility index (Phi) is 6.74. The first-order valence-corrected chi connectivity index (χ1v) is 8.30. The molecule has 1 fully saturated rings. The van der Waals surface area contributed by atoms with Crippen molar-refractivity contribution >= 4 is 17.8 Å². The maximum Gasteiger partial charge on any atom is 0.306 e. The molecular weight excluding hydrogens is 314 g/mol. The van der Waals surface area contributed by atoms with Crippen LogP contribution in [-0.4, -0.2) is 69.2 Å². The van der Waals surface area contributed by atoms with Crippen LogP contribution in [0.25, 0.3) is 0 Å². The van der Waals surface area contributed by atoms with Crippen LogP contribution < -0.4 is 5.73 Å². The number of hydrogen-bond donors (Lipinski definition) is 3. The fourth-order valence-electron chi connectivity index (χ4n) is 3.97. The monoisotopic (exact) mass is 343 g/mol. The molecule has 0 bridgehead atoms. The van der Waals surface area contributed by atoms with Crippen molar-refractivity contribution in [3.8, 4) is 0 Å². The van der Waals surface area contributed by atoms with Crippen molar-refractivity contribution in [1.29, 1.82) is 0 Å². The highest BCUT2D eigenvalue weighted by Crippen LogP contribution is 2.42. The minimum absolute atomic E-state index is 0.0142. The van der Waals surface area contributed by atoms with Gasteiger partial charge in [-0.25, -0.2) is 0 Å². The summed E-state index contributed by atoms with van der Waals surface area (Å²) in [6, 6.07) is 0. The van der Waals surface area contributed by atoms with Crippen LogP contribution in [-0.2, 0) is 14.4 Å². The number of aliphatic hydroxyl groups is 1. The van der Waals surface area contributed by atoms with Gasteiger partial charge in [-0.05, 0) is 11.8 Å². The SMILES string of the molecule is CCC(C)C1(C(C)C)N(CC(O)CC(=O)O)CC(=O)N1CC(N)=O. The van der Waals surface area contributed by atoms with Crippen LogP contribution in [0.1, 0.15) is 40.5 Å². The van der Waals surface area contributed by atoms with Crippen molar-refractivity contribution in [3.05, 3.63) is 0 Å². The molecule has 8 nitrogen and oxygen atoms in total. The highest BCUT2D eigenvalue weighted by molar-refractivity contribution is 5.87. The second kappa shape index (κ2) is 7.94. The first kappa shape index (κ1) is 20.4. The summed E-state index contributed by atoms with van der Waals surface area (Å²) in [6.45, 7) is 7.79. The van der Waals surface area contributed by atoms with E-state index in [0.29, 0.717) is 0 Å². The van der Waals surface area contributed by atoms with Crippen molar-refractivity contribution in [1.82, 2.24) is 9.80 Å². The van der Waals surface area contributed by atoms with E-state index in [4.69, 9.17) is 10.8 Å². The van der Waals surface area contributed by atoms with E-state index in [0.717, 1.165) is 6.42 Å². The smallest absolute Gasteiger partial charge is 0.306 e. The Balaban J connectivity index is 3.26. The minimum Gasteiger partial charge on any atom is -0.481 e. The van der Waals surface area contributed by atoms with Gasteiger partial charge in [0.05, 0.1) is 19.1 Å². The Hall–Kier alpha value is -1.67. The molecule has 1 aliphatic rings. The molecule has 2 amide bonds. The number of nitrogens with two attached hydrogens (primary N) is 1. The Labute approximate surface area is 142 Å². The number of carbonyl (C=O) groups excluding carboxylic acids is 2. The molecule has 24 heavy (non-hydrogen) atoms. The second-order valence-corrected chi connectivity index (χ2v) is 6.83. The summed E-state index contributed by atoms with van der Waals surface area (Å²) in [5, 5.41) is 18.9. The van der Waals surface area contributed by atoms with Gasteiger partial charge in [-0.3, -0.25) is 19.3 Å². The summed E-state index contributed by atoms with van der Waals surface area (Å²) in [7, 11) is 0. The van der Waals surface area contributed by atoms with Crippen LogP contribution in [0.4, 0.5) is 0 Å². The van der Waals surface area contributed by atoms with E-state index in [1.165, 1.54) is 4.90 Å². The third-order valence-electron chi connectivity index (χ3n) is 4.91. The summed E-state index contributed by atoms with van der Waals surface area (Å²) < 4.78 is 0. The Morgan fingerprint density at radius 3 is 2.33 bits per heavy atom. The Morgan fingerprint density at radius 2 is 1.92 bits per heavy atom. The van der Waals surface area contributed by atoms with E-state index in [2.05, 4.69) is 0 Å². The van der Waals surface area contributed by atoms with Gasteiger partial charge < -0.3 is 20.8 Å². The van der Waals surface area contributed by atoms with Crippen molar-refractivity contribution < 1.29 is 24.6 Å². The van der Waals surface area contributed by atoms with Crippen LogP contribution in [0.2, 0.25) is 0 Å². The first-order valence-electron chi connectivity index (χ1n) is 8.30. The zero-order valence-electron chi connectivity index (χ0n) is 14.9. The molecule has 3 atom stereocenters. The maximum atomic E-state index is 12.5. The third-order valence-corrected chi connectivity index (χ3v) is 4.91. The van der Waals surface area contributed by atoms with Gasteiger partial charge in [0.25, 0.3) is 0 Å². The van der Waals surface area contributed by atoms with E-state index >= 15 is 0 Å². The zero-order valence-corrected chi connectivity index (χ0v) is 14.9. The number of β-amino-alcohol motifs (C(OH)–C–C–N with tert-alkyl or cyclic N) is 1. The lowest BCUT2D eigenvalue weighted by molar-refractivity contribution is -0.146. The van der Waals surface area contributed by atoms with E-state index in [1.807, 2.05) is 32.6 Å². The molecule has 0 aromatic heterocycles. The number of aliphatic carboxylic acids is 1. The topological polar surface area (TPSA) is 124 Å². The van der Waals surface area contributed by atoms with E-state index < -0.39 is 30.1 Å². The number of rotatable bonds is 9. The summed E-state index contributed by atoms with van der Waals surface area (Å²) in [5.74, 6) is -1.94. The van der Waals surface area contributed by atoms with E-state index in [-0.39, 0.29) is 37.4 Å². The highest BCUT2D eigenvalue weighted by atomic mass is 16.4. The van der Waals surface area contributed by atoms with Gasteiger partial charge in [0, 0.05) is 6.54 Å². The molecule has 1 heterocycles. The summed E-state index contributed by atoms with van der Waals surface area (Å²) in [4.78, 5) is 38.2. The summed E-state index contributed by atoms with van der Waals surface area (Å²) in [6.07, 6.45) is -0.729. The lowest BCUT2D eigenvalue weighted by Gasteiger charge is -2.51. The van der Waals surface area contributed by atoms with Gasteiger partial charge in [0.1, 0.15) is 12.2 Å². The van der Waals surface area contributed by atoms with Crippen LogP contribution in [0, 0.1) is 11.8 Å². The number of nitrogens with zero attached hydrogens (tertiary/aromatic N) is 2. The molecule has 0 saturated carbocycles.